The molecule has 0 saturated carbocycles. The fourth-order valence-corrected chi connectivity index (χ4v) is 3.22. The lowest BCUT2D eigenvalue weighted by Crippen LogP contribution is -2.50. The molecular weight excluding hydrogens is 286 g/mol. The second-order valence-electron chi connectivity index (χ2n) is 6.34. The Bertz CT molecular complexity index is 419. The molecule has 1 N–H and O–H groups in total. The van der Waals surface area contributed by atoms with Crippen molar-refractivity contribution in [1.29, 1.82) is 0 Å². The van der Waals surface area contributed by atoms with E-state index in [0.29, 0.717) is 6.04 Å². The number of hydrogen-bond acceptors (Lipinski definition) is 4. The maximum Gasteiger partial charge on any atom is 0.0764 e. The van der Waals surface area contributed by atoms with Crippen LogP contribution in [-0.2, 0) is 6.54 Å². The number of halogens is 1. The van der Waals surface area contributed by atoms with E-state index in [0.717, 1.165) is 12.6 Å². The molecule has 0 amide bonds. The normalized spacial score (nSPS) is 24.4. The molecule has 21 heavy (non-hydrogen) atoms. The number of hydrogen-bond donors (Lipinski definition) is 1. The Labute approximate surface area is 134 Å². The molecule has 2 fully saturated rings. The predicted octanol–water partition coefficient (Wildman–Crippen LogP) is 1.37. The van der Waals surface area contributed by atoms with Crippen LogP contribution in [0.2, 0.25) is 0 Å². The summed E-state index contributed by atoms with van der Waals surface area (Å²) in [6.45, 7) is 12.5. The zero-order valence-electron chi connectivity index (χ0n) is 13.2. The minimum absolute atomic E-state index is 0. The number of aromatic nitrogens is 2. The van der Waals surface area contributed by atoms with Gasteiger partial charge in [-0.1, -0.05) is 0 Å². The fraction of sp³-hybridized carbons (Fsp3) is 0.800. The highest BCUT2D eigenvalue weighted by atomic mass is 35.5. The number of piperazine rings is 1. The lowest BCUT2D eigenvalue weighted by atomic mass is 10.2. The average molecular weight is 314 g/mol. The van der Waals surface area contributed by atoms with E-state index in [1.54, 1.807) is 0 Å². The lowest BCUT2D eigenvalue weighted by molar-refractivity contribution is 0.0972. The third kappa shape index (κ3) is 4.19. The molecular formula is C15H28ClN5. The van der Waals surface area contributed by atoms with Gasteiger partial charge in [-0.05, 0) is 32.9 Å². The Balaban J connectivity index is 0.00000161. The molecule has 0 bridgehead atoms. The Morgan fingerprint density at radius 1 is 1.29 bits per heavy atom. The van der Waals surface area contributed by atoms with E-state index in [1.807, 2.05) is 0 Å². The average Bonchev–Trinajstić information content (AvgIpc) is 3.10. The summed E-state index contributed by atoms with van der Waals surface area (Å²) in [6.07, 6.45) is 3.42. The van der Waals surface area contributed by atoms with E-state index >= 15 is 0 Å². The van der Waals surface area contributed by atoms with Crippen molar-refractivity contribution < 1.29 is 0 Å². The molecule has 6 heteroatoms. The third-order valence-corrected chi connectivity index (χ3v) is 4.54. The molecule has 3 heterocycles. The van der Waals surface area contributed by atoms with Crippen LogP contribution in [0, 0.1) is 0 Å². The van der Waals surface area contributed by atoms with Crippen molar-refractivity contribution in [1.82, 2.24) is 24.9 Å². The Morgan fingerprint density at radius 3 is 2.62 bits per heavy atom. The molecule has 2 aliphatic heterocycles. The van der Waals surface area contributed by atoms with Gasteiger partial charge in [0.15, 0.2) is 0 Å². The van der Waals surface area contributed by atoms with Crippen LogP contribution < -0.4 is 5.32 Å². The molecule has 0 aromatic carbocycles. The first kappa shape index (κ1) is 16.7. The van der Waals surface area contributed by atoms with Crippen LogP contribution in [0.5, 0.6) is 0 Å². The molecule has 0 aliphatic carbocycles. The first-order chi connectivity index (χ1) is 9.72. The van der Waals surface area contributed by atoms with Gasteiger partial charge in [-0.3, -0.25) is 14.5 Å². The standard InChI is InChI=1S/C15H27N5.ClH/c1-13(2)20-6-4-14(17-20)12-18-7-9-19(10-8-18)15-3-5-16-11-15;/h4,6,13,15-16H,3,5,7-12H2,1-2H3;1H. The van der Waals surface area contributed by atoms with E-state index in [4.69, 9.17) is 0 Å². The van der Waals surface area contributed by atoms with E-state index < -0.39 is 0 Å². The summed E-state index contributed by atoms with van der Waals surface area (Å²) in [5.41, 5.74) is 1.20. The van der Waals surface area contributed by atoms with Gasteiger partial charge in [0, 0.05) is 57.5 Å². The smallest absolute Gasteiger partial charge is 0.0764 e. The minimum Gasteiger partial charge on any atom is -0.315 e. The van der Waals surface area contributed by atoms with Gasteiger partial charge in [-0.2, -0.15) is 5.10 Å². The number of nitrogens with one attached hydrogen (secondary N) is 1. The van der Waals surface area contributed by atoms with Crippen LogP contribution in [0.3, 0.4) is 0 Å². The molecule has 1 aromatic rings. The molecule has 120 valence electrons. The van der Waals surface area contributed by atoms with E-state index in [-0.39, 0.29) is 12.4 Å². The predicted molar refractivity (Wildman–Crippen MR) is 88.0 cm³/mol. The van der Waals surface area contributed by atoms with Gasteiger partial charge in [0.05, 0.1) is 5.69 Å². The second kappa shape index (κ2) is 7.58. The summed E-state index contributed by atoms with van der Waals surface area (Å²) >= 11 is 0. The highest BCUT2D eigenvalue weighted by Gasteiger charge is 2.26. The Morgan fingerprint density at radius 2 is 2.05 bits per heavy atom. The van der Waals surface area contributed by atoms with Gasteiger partial charge in [0.2, 0.25) is 0 Å². The molecule has 0 radical (unpaired) electrons. The van der Waals surface area contributed by atoms with Gasteiger partial charge in [0.1, 0.15) is 0 Å². The summed E-state index contributed by atoms with van der Waals surface area (Å²) in [4.78, 5) is 5.19. The first-order valence-electron chi connectivity index (χ1n) is 7.93. The largest absolute Gasteiger partial charge is 0.315 e. The zero-order chi connectivity index (χ0) is 13.9. The van der Waals surface area contributed by atoms with Gasteiger partial charge in [-0.15, -0.1) is 12.4 Å². The molecule has 2 saturated heterocycles. The monoisotopic (exact) mass is 313 g/mol. The van der Waals surface area contributed by atoms with Crippen LogP contribution in [0.15, 0.2) is 12.3 Å². The molecule has 5 nitrogen and oxygen atoms in total. The van der Waals surface area contributed by atoms with Crippen LogP contribution in [0.1, 0.15) is 32.0 Å². The SMILES string of the molecule is CC(C)n1ccc(CN2CCN(C3CCNC3)CC2)n1.Cl. The second-order valence-corrected chi connectivity index (χ2v) is 6.34. The molecule has 2 aliphatic rings. The zero-order valence-corrected chi connectivity index (χ0v) is 14.0. The molecule has 0 spiro atoms. The van der Waals surface area contributed by atoms with Gasteiger partial charge in [0.25, 0.3) is 0 Å². The summed E-state index contributed by atoms with van der Waals surface area (Å²) in [5, 5.41) is 8.12. The summed E-state index contributed by atoms with van der Waals surface area (Å²) in [5.74, 6) is 0. The van der Waals surface area contributed by atoms with Gasteiger partial charge >= 0.3 is 0 Å². The quantitative estimate of drug-likeness (QED) is 0.911. The van der Waals surface area contributed by atoms with Gasteiger partial charge < -0.3 is 5.32 Å². The highest BCUT2D eigenvalue weighted by Crippen LogP contribution is 2.14. The van der Waals surface area contributed by atoms with Crippen molar-refractivity contribution in [3.8, 4) is 0 Å². The van der Waals surface area contributed by atoms with Crippen molar-refractivity contribution in [2.45, 2.75) is 38.9 Å². The van der Waals surface area contributed by atoms with E-state index in [9.17, 15) is 0 Å². The lowest BCUT2D eigenvalue weighted by Gasteiger charge is -2.37. The Hall–Kier alpha value is -0.620. The van der Waals surface area contributed by atoms with Crippen molar-refractivity contribution >= 4 is 12.4 Å². The molecule has 1 aromatic heterocycles. The number of rotatable bonds is 4. The maximum absolute atomic E-state index is 4.65. The Kier molecular flexibility index (Phi) is 6.05. The molecule has 1 unspecified atom stereocenters. The van der Waals surface area contributed by atoms with E-state index in [1.165, 1.54) is 51.4 Å². The van der Waals surface area contributed by atoms with Crippen LogP contribution in [-0.4, -0.2) is 64.9 Å². The van der Waals surface area contributed by atoms with Crippen molar-refractivity contribution in [3.63, 3.8) is 0 Å². The third-order valence-electron chi connectivity index (χ3n) is 4.54. The van der Waals surface area contributed by atoms with Crippen molar-refractivity contribution in [2.24, 2.45) is 0 Å². The summed E-state index contributed by atoms with van der Waals surface area (Å²) in [6, 6.07) is 3.39. The maximum atomic E-state index is 4.65. The van der Waals surface area contributed by atoms with Crippen LogP contribution in [0.25, 0.3) is 0 Å². The van der Waals surface area contributed by atoms with Crippen LogP contribution in [0.4, 0.5) is 0 Å². The summed E-state index contributed by atoms with van der Waals surface area (Å²) in [7, 11) is 0. The topological polar surface area (TPSA) is 36.3 Å². The van der Waals surface area contributed by atoms with Crippen molar-refractivity contribution in [2.75, 3.05) is 39.3 Å². The number of nitrogens with zero attached hydrogens (tertiary/aromatic N) is 4. The highest BCUT2D eigenvalue weighted by molar-refractivity contribution is 5.85. The summed E-state index contributed by atoms with van der Waals surface area (Å²) < 4.78 is 2.05. The van der Waals surface area contributed by atoms with Crippen molar-refractivity contribution in [3.05, 3.63) is 18.0 Å². The van der Waals surface area contributed by atoms with Crippen LogP contribution >= 0.6 is 12.4 Å². The molecule has 1 atom stereocenters. The fourth-order valence-electron chi connectivity index (χ4n) is 3.22. The molecule has 3 rings (SSSR count). The van der Waals surface area contributed by atoms with E-state index in [2.05, 4.69) is 51.0 Å². The first-order valence-corrected chi connectivity index (χ1v) is 7.93. The van der Waals surface area contributed by atoms with Gasteiger partial charge in [-0.25, -0.2) is 0 Å². The minimum atomic E-state index is 0.